The van der Waals surface area contributed by atoms with E-state index in [0.29, 0.717) is 5.92 Å². The molecule has 0 aliphatic carbocycles. The Hall–Kier alpha value is -1.06. The van der Waals surface area contributed by atoms with Gasteiger partial charge in [-0.1, -0.05) is 54.0 Å². The summed E-state index contributed by atoms with van der Waals surface area (Å²) in [7, 11) is 3.57. The summed E-state index contributed by atoms with van der Waals surface area (Å²) < 4.78 is 0. The van der Waals surface area contributed by atoms with Crippen molar-refractivity contribution in [2.24, 2.45) is 0 Å². The van der Waals surface area contributed by atoms with Gasteiger partial charge in [0.05, 0.1) is 0 Å². The van der Waals surface area contributed by atoms with Gasteiger partial charge in [-0.25, -0.2) is 0 Å². The van der Waals surface area contributed by atoms with Crippen LogP contribution < -0.4 is 5.73 Å². The minimum Gasteiger partial charge on any atom is -0.399 e. The third kappa shape index (κ3) is 5.01. The van der Waals surface area contributed by atoms with Gasteiger partial charge in [0.15, 0.2) is 0 Å². The van der Waals surface area contributed by atoms with Crippen LogP contribution in [-0.2, 0) is 0 Å². The standard InChI is InChI=1S/C18H23NS2/c1-3-5-14(4-2)15-6-10-17(11-7-15)20-21-18-12-8-16(19)9-13-18/h6-14H,3-5,19H2,1-2H3. The lowest BCUT2D eigenvalue weighted by atomic mass is 9.92. The quantitative estimate of drug-likeness (QED) is 0.475. The van der Waals surface area contributed by atoms with Gasteiger partial charge in [-0.3, -0.25) is 0 Å². The third-order valence-corrected chi connectivity index (χ3v) is 6.01. The third-order valence-electron chi connectivity index (χ3n) is 3.60. The molecule has 0 aliphatic rings. The molecule has 1 unspecified atom stereocenters. The maximum Gasteiger partial charge on any atom is 0.0314 e. The lowest BCUT2D eigenvalue weighted by Crippen LogP contribution is -1.96. The summed E-state index contributed by atoms with van der Waals surface area (Å²) >= 11 is 0. The van der Waals surface area contributed by atoms with Crippen LogP contribution in [0.3, 0.4) is 0 Å². The molecule has 0 spiro atoms. The van der Waals surface area contributed by atoms with Crippen molar-refractivity contribution in [2.45, 2.75) is 48.8 Å². The Bertz CT molecular complexity index is 534. The molecule has 2 rings (SSSR count). The lowest BCUT2D eigenvalue weighted by molar-refractivity contribution is 0.595. The normalized spacial score (nSPS) is 12.3. The zero-order valence-electron chi connectivity index (χ0n) is 12.7. The van der Waals surface area contributed by atoms with E-state index in [4.69, 9.17) is 5.73 Å². The van der Waals surface area contributed by atoms with Crippen molar-refractivity contribution in [3.05, 3.63) is 54.1 Å². The van der Waals surface area contributed by atoms with Crippen molar-refractivity contribution in [1.29, 1.82) is 0 Å². The Labute approximate surface area is 136 Å². The molecule has 21 heavy (non-hydrogen) atoms. The van der Waals surface area contributed by atoms with Crippen LogP contribution in [-0.4, -0.2) is 0 Å². The molecular weight excluding hydrogens is 294 g/mol. The smallest absolute Gasteiger partial charge is 0.0314 e. The van der Waals surface area contributed by atoms with Gasteiger partial charge in [0.25, 0.3) is 0 Å². The van der Waals surface area contributed by atoms with E-state index in [2.05, 4.69) is 50.2 Å². The summed E-state index contributed by atoms with van der Waals surface area (Å²) in [6.45, 7) is 4.54. The second-order valence-electron chi connectivity index (χ2n) is 5.20. The highest BCUT2D eigenvalue weighted by atomic mass is 33.1. The number of benzene rings is 2. The summed E-state index contributed by atoms with van der Waals surface area (Å²) in [5, 5.41) is 0. The van der Waals surface area contributed by atoms with Gasteiger partial charge in [0.2, 0.25) is 0 Å². The summed E-state index contributed by atoms with van der Waals surface area (Å²) in [4.78, 5) is 2.53. The maximum atomic E-state index is 5.70. The van der Waals surface area contributed by atoms with Gasteiger partial charge in [0.1, 0.15) is 0 Å². The Kier molecular flexibility index (Phi) is 6.52. The molecule has 0 amide bonds. The van der Waals surface area contributed by atoms with Crippen molar-refractivity contribution in [3.8, 4) is 0 Å². The molecule has 0 saturated heterocycles. The molecule has 2 aromatic carbocycles. The van der Waals surface area contributed by atoms with Crippen LogP contribution in [0, 0.1) is 0 Å². The van der Waals surface area contributed by atoms with Crippen molar-refractivity contribution in [2.75, 3.05) is 5.73 Å². The highest BCUT2D eigenvalue weighted by Crippen LogP contribution is 2.38. The van der Waals surface area contributed by atoms with Crippen LogP contribution in [0.25, 0.3) is 0 Å². The summed E-state index contributed by atoms with van der Waals surface area (Å²) in [5.41, 5.74) is 7.99. The van der Waals surface area contributed by atoms with Gasteiger partial charge in [-0.2, -0.15) is 0 Å². The largest absolute Gasteiger partial charge is 0.399 e. The number of rotatable bonds is 7. The van der Waals surface area contributed by atoms with Crippen molar-refractivity contribution in [1.82, 2.24) is 0 Å². The number of hydrogen-bond acceptors (Lipinski definition) is 3. The molecule has 112 valence electrons. The predicted octanol–water partition coefficient (Wildman–Crippen LogP) is 6.36. The van der Waals surface area contributed by atoms with Gasteiger partial charge < -0.3 is 5.73 Å². The topological polar surface area (TPSA) is 26.0 Å². The first-order chi connectivity index (χ1) is 10.2. The molecule has 0 bridgehead atoms. The number of nitrogen functional groups attached to an aromatic ring is 1. The fourth-order valence-corrected chi connectivity index (χ4v) is 4.30. The maximum absolute atomic E-state index is 5.70. The highest BCUT2D eigenvalue weighted by molar-refractivity contribution is 8.76. The molecule has 0 aromatic heterocycles. The number of anilines is 1. The summed E-state index contributed by atoms with van der Waals surface area (Å²) in [6, 6.07) is 17.1. The molecule has 0 saturated carbocycles. The SMILES string of the molecule is CCCC(CC)c1ccc(SSc2ccc(N)cc2)cc1. The van der Waals surface area contributed by atoms with Crippen LogP contribution in [0.1, 0.15) is 44.6 Å². The zero-order chi connectivity index (χ0) is 15.1. The monoisotopic (exact) mass is 317 g/mol. The average Bonchev–Trinajstić information content (AvgIpc) is 2.53. The van der Waals surface area contributed by atoms with Gasteiger partial charge in [-0.15, -0.1) is 0 Å². The van der Waals surface area contributed by atoms with Crippen LogP contribution in [0.4, 0.5) is 5.69 Å². The molecule has 0 radical (unpaired) electrons. The van der Waals surface area contributed by atoms with Gasteiger partial charge in [-0.05, 0) is 60.7 Å². The fourth-order valence-electron chi connectivity index (χ4n) is 2.37. The first-order valence-corrected chi connectivity index (χ1v) is 9.68. The van der Waals surface area contributed by atoms with E-state index in [1.54, 1.807) is 21.6 Å². The van der Waals surface area contributed by atoms with Crippen LogP contribution in [0.2, 0.25) is 0 Å². The zero-order valence-corrected chi connectivity index (χ0v) is 14.3. The molecule has 3 heteroatoms. The van der Waals surface area contributed by atoms with Crippen molar-refractivity contribution >= 4 is 27.3 Å². The Morgan fingerprint density at radius 1 is 0.857 bits per heavy atom. The first-order valence-electron chi connectivity index (χ1n) is 7.53. The molecule has 1 nitrogen and oxygen atoms in total. The van der Waals surface area contributed by atoms with E-state index in [-0.39, 0.29) is 0 Å². The minimum atomic E-state index is 0.707. The molecule has 1 atom stereocenters. The van der Waals surface area contributed by atoms with E-state index in [0.717, 1.165) is 5.69 Å². The number of hydrogen-bond donors (Lipinski definition) is 1. The van der Waals surface area contributed by atoms with Crippen LogP contribution in [0.15, 0.2) is 58.3 Å². The van der Waals surface area contributed by atoms with Crippen LogP contribution >= 0.6 is 21.6 Å². The van der Waals surface area contributed by atoms with E-state index < -0.39 is 0 Å². The lowest BCUT2D eigenvalue weighted by Gasteiger charge is -2.14. The van der Waals surface area contributed by atoms with Crippen molar-refractivity contribution in [3.63, 3.8) is 0 Å². The summed E-state index contributed by atoms with van der Waals surface area (Å²) in [5.74, 6) is 0.707. The van der Waals surface area contributed by atoms with E-state index in [9.17, 15) is 0 Å². The molecule has 0 heterocycles. The Morgan fingerprint density at radius 2 is 1.38 bits per heavy atom. The molecule has 2 aromatic rings. The molecular formula is C18H23NS2. The van der Waals surface area contributed by atoms with Crippen LogP contribution in [0.5, 0.6) is 0 Å². The summed E-state index contributed by atoms with van der Waals surface area (Å²) in [6.07, 6.45) is 3.76. The second kappa shape index (κ2) is 8.40. The molecule has 2 N–H and O–H groups in total. The van der Waals surface area contributed by atoms with Gasteiger partial charge in [0, 0.05) is 15.5 Å². The van der Waals surface area contributed by atoms with E-state index in [1.165, 1.54) is 34.6 Å². The minimum absolute atomic E-state index is 0.707. The second-order valence-corrected chi connectivity index (χ2v) is 7.47. The molecule has 0 fully saturated rings. The highest BCUT2D eigenvalue weighted by Gasteiger charge is 2.08. The number of nitrogens with two attached hydrogens (primary N) is 1. The Morgan fingerprint density at radius 3 is 1.86 bits per heavy atom. The van der Waals surface area contributed by atoms with Gasteiger partial charge >= 0.3 is 0 Å². The first kappa shape index (κ1) is 16.3. The van der Waals surface area contributed by atoms with Crippen molar-refractivity contribution < 1.29 is 0 Å². The Balaban J connectivity index is 1.94. The fraction of sp³-hybridized carbons (Fsp3) is 0.333. The predicted molar refractivity (Wildman–Crippen MR) is 97.0 cm³/mol. The average molecular weight is 318 g/mol. The molecule has 0 aliphatic heterocycles. The van der Waals surface area contributed by atoms with E-state index >= 15 is 0 Å². The van der Waals surface area contributed by atoms with E-state index in [1.807, 2.05) is 12.1 Å².